The summed E-state index contributed by atoms with van der Waals surface area (Å²) in [5, 5.41) is 17.1. The third-order valence-corrected chi connectivity index (χ3v) is 2.54. The first-order chi connectivity index (χ1) is 7.49. The number of carboxylic acid groups (broad SMARTS) is 1. The maximum Gasteiger partial charge on any atom is 0.260 e. The van der Waals surface area contributed by atoms with Crippen LogP contribution in [0, 0.1) is 0 Å². The monoisotopic (exact) mass is 230 g/mol. The Balaban J connectivity index is 2.41. The van der Waals surface area contributed by atoms with E-state index in [2.05, 4.69) is 10.4 Å². The maximum atomic E-state index is 12.7. The lowest BCUT2D eigenvalue weighted by molar-refractivity contribution is -0.255. The highest BCUT2D eigenvalue weighted by atomic mass is 19.3. The fraction of sp³-hybridized carbons (Fsp3) is 0.556. The molecule has 2 rings (SSSR count). The van der Waals surface area contributed by atoms with Crippen molar-refractivity contribution in [3.63, 3.8) is 0 Å². The van der Waals surface area contributed by atoms with Crippen LogP contribution in [0.25, 0.3) is 0 Å². The van der Waals surface area contributed by atoms with Crippen LogP contribution in [0.4, 0.5) is 14.6 Å². The van der Waals surface area contributed by atoms with E-state index >= 15 is 0 Å². The molecule has 88 valence electrons. The quantitative estimate of drug-likeness (QED) is 0.791. The summed E-state index contributed by atoms with van der Waals surface area (Å²) in [5.41, 5.74) is -0.331. The van der Waals surface area contributed by atoms with Crippen LogP contribution < -0.4 is 10.4 Å². The Morgan fingerprint density at radius 3 is 3.00 bits per heavy atom. The lowest BCUT2D eigenvalue weighted by atomic mass is 10.1. The van der Waals surface area contributed by atoms with Crippen LogP contribution in [-0.4, -0.2) is 28.2 Å². The Kier molecular flexibility index (Phi) is 2.53. The number of carboxylic acids is 1. The van der Waals surface area contributed by atoms with Gasteiger partial charge in [-0.15, -0.1) is 0 Å². The summed E-state index contributed by atoms with van der Waals surface area (Å²) in [6.07, 6.45) is -2.36. The van der Waals surface area contributed by atoms with Crippen molar-refractivity contribution in [2.75, 3.05) is 5.32 Å². The predicted octanol–water partition coefficient (Wildman–Crippen LogP) is 0.257. The summed E-state index contributed by atoms with van der Waals surface area (Å²) in [5.74, 6) is -1.17. The van der Waals surface area contributed by atoms with Gasteiger partial charge in [-0.05, 0) is 13.3 Å². The van der Waals surface area contributed by atoms with Crippen LogP contribution >= 0.6 is 0 Å². The third-order valence-electron chi connectivity index (χ3n) is 2.54. The minimum absolute atomic E-state index is 0.141. The van der Waals surface area contributed by atoms with Gasteiger partial charge in [0.05, 0.1) is 5.97 Å². The number of carbonyl (C=O) groups is 1. The van der Waals surface area contributed by atoms with E-state index in [0.29, 0.717) is 5.82 Å². The molecule has 7 heteroatoms. The first kappa shape index (κ1) is 10.8. The van der Waals surface area contributed by atoms with Crippen LogP contribution in [0.15, 0.2) is 6.07 Å². The molecule has 0 saturated carbocycles. The number of alkyl halides is 2. The number of nitrogens with one attached hydrogen (secondary N) is 1. The van der Waals surface area contributed by atoms with E-state index in [1.165, 1.54) is 6.07 Å². The van der Waals surface area contributed by atoms with Crippen molar-refractivity contribution in [1.82, 2.24) is 9.78 Å². The first-order valence-electron chi connectivity index (χ1n) is 4.84. The second kappa shape index (κ2) is 3.73. The summed E-state index contributed by atoms with van der Waals surface area (Å²) < 4.78 is 26.5. The number of rotatable bonds is 2. The Hall–Kier alpha value is -1.66. The minimum atomic E-state index is -2.57. The van der Waals surface area contributed by atoms with Crippen LogP contribution in [0.5, 0.6) is 0 Å². The third kappa shape index (κ3) is 1.72. The molecule has 5 nitrogen and oxygen atoms in total. The molecule has 1 aliphatic rings. The highest BCUT2D eigenvalue weighted by Crippen LogP contribution is 2.31. The van der Waals surface area contributed by atoms with Crippen LogP contribution in [0.2, 0.25) is 0 Å². The molecular formula is C9H10F2N3O2-. The molecule has 0 unspecified atom stereocenters. The number of carbonyl (C=O) groups excluding carboxylic acids is 1. The molecule has 0 radical (unpaired) electrons. The molecule has 0 aliphatic carbocycles. The fourth-order valence-electron chi connectivity index (χ4n) is 1.84. The van der Waals surface area contributed by atoms with E-state index in [1.807, 2.05) is 0 Å². The van der Waals surface area contributed by atoms with Crippen molar-refractivity contribution in [1.29, 1.82) is 0 Å². The summed E-state index contributed by atoms with van der Waals surface area (Å²) in [7, 11) is 0. The number of fused-ring (bicyclic) bond motifs is 1. The highest BCUT2D eigenvalue weighted by molar-refractivity contribution is 5.84. The number of hydrogen-bond donors (Lipinski definition) is 1. The summed E-state index contributed by atoms with van der Waals surface area (Å²) in [6.45, 7) is 1.75. The zero-order valence-electron chi connectivity index (χ0n) is 8.48. The fourth-order valence-corrected chi connectivity index (χ4v) is 1.84. The van der Waals surface area contributed by atoms with Gasteiger partial charge in [0, 0.05) is 12.1 Å². The Labute approximate surface area is 90.1 Å². The second-order valence-corrected chi connectivity index (χ2v) is 3.83. The van der Waals surface area contributed by atoms with Gasteiger partial charge in [-0.3, -0.25) is 0 Å². The molecule has 0 bridgehead atoms. The van der Waals surface area contributed by atoms with E-state index in [4.69, 9.17) is 0 Å². The van der Waals surface area contributed by atoms with Gasteiger partial charge in [-0.25, -0.2) is 13.5 Å². The normalized spacial score (nSPS) is 24.0. The Morgan fingerprint density at radius 2 is 2.44 bits per heavy atom. The number of hydrogen-bond acceptors (Lipinski definition) is 4. The standard InChI is InChI=1S/C9H11F2N3O2/c1-4-2-6(8(10)11)14-7(12-4)3-5(13-14)9(15)16/h3-4,6,8,12H,2H2,1H3,(H,15,16)/p-1/t4-,6-/m0/s1. The topological polar surface area (TPSA) is 70.0 Å². The van der Waals surface area contributed by atoms with Crippen molar-refractivity contribution in [3.05, 3.63) is 11.8 Å². The van der Waals surface area contributed by atoms with Crippen LogP contribution in [0.1, 0.15) is 29.9 Å². The van der Waals surface area contributed by atoms with Crippen molar-refractivity contribution in [2.24, 2.45) is 0 Å². The van der Waals surface area contributed by atoms with Crippen molar-refractivity contribution in [3.8, 4) is 0 Å². The smallest absolute Gasteiger partial charge is 0.260 e. The van der Waals surface area contributed by atoms with Gasteiger partial charge in [0.1, 0.15) is 17.6 Å². The first-order valence-corrected chi connectivity index (χ1v) is 4.84. The molecule has 0 saturated heterocycles. The molecule has 0 amide bonds. The molecule has 2 heterocycles. The number of aromatic nitrogens is 2. The molecule has 0 fully saturated rings. The molecule has 1 N–H and O–H groups in total. The van der Waals surface area contributed by atoms with Gasteiger partial charge in [-0.1, -0.05) is 0 Å². The van der Waals surface area contributed by atoms with Gasteiger partial charge < -0.3 is 15.2 Å². The number of anilines is 1. The highest BCUT2D eigenvalue weighted by Gasteiger charge is 2.32. The van der Waals surface area contributed by atoms with Crippen LogP contribution in [-0.2, 0) is 0 Å². The summed E-state index contributed by atoms with van der Waals surface area (Å²) in [6, 6.07) is -0.0162. The van der Waals surface area contributed by atoms with Crippen LogP contribution in [0.3, 0.4) is 0 Å². The Morgan fingerprint density at radius 1 is 1.75 bits per heavy atom. The molecule has 0 spiro atoms. The predicted molar refractivity (Wildman–Crippen MR) is 49.3 cm³/mol. The average Bonchev–Trinajstić information content (AvgIpc) is 2.59. The van der Waals surface area contributed by atoms with Crippen molar-refractivity contribution < 1.29 is 18.7 Å². The molecule has 1 aromatic heterocycles. The zero-order valence-corrected chi connectivity index (χ0v) is 8.48. The lowest BCUT2D eigenvalue weighted by Gasteiger charge is -2.29. The maximum absolute atomic E-state index is 12.7. The van der Waals surface area contributed by atoms with E-state index < -0.39 is 18.4 Å². The van der Waals surface area contributed by atoms with E-state index in [-0.39, 0.29) is 18.2 Å². The van der Waals surface area contributed by atoms with Gasteiger partial charge in [-0.2, -0.15) is 5.10 Å². The molecule has 2 atom stereocenters. The van der Waals surface area contributed by atoms with E-state index in [1.54, 1.807) is 6.92 Å². The summed E-state index contributed by atoms with van der Waals surface area (Å²) >= 11 is 0. The Bertz CT molecular complexity index is 419. The summed E-state index contributed by atoms with van der Waals surface area (Å²) in [4.78, 5) is 10.6. The minimum Gasteiger partial charge on any atom is -0.543 e. The number of aromatic carboxylic acids is 1. The van der Waals surface area contributed by atoms with E-state index in [9.17, 15) is 18.7 Å². The molecule has 16 heavy (non-hydrogen) atoms. The van der Waals surface area contributed by atoms with Crippen molar-refractivity contribution in [2.45, 2.75) is 31.9 Å². The zero-order chi connectivity index (χ0) is 11.9. The van der Waals surface area contributed by atoms with Crippen molar-refractivity contribution >= 4 is 11.8 Å². The second-order valence-electron chi connectivity index (χ2n) is 3.83. The molecule has 0 aromatic carbocycles. The van der Waals surface area contributed by atoms with Gasteiger partial charge in [0.2, 0.25) is 0 Å². The van der Waals surface area contributed by atoms with Gasteiger partial charge >= 0.3 is 0 Å². The number of halogens is 2. The number of nitrogens with zero attached hydrogens (tertiary/aromatic N) is 2. The van der Waals surface area contributed by atoms with Gasteiger partial charge in [0.15, 0.2) is 0 Å². The molecular weight excluding hydrogens is 220 g/mol. The van der Waals surface area contributed by atoms with E-state index in [0.717, 1.165) is 4.68 Å². The van der Waals surface area contributed by atoms with Gasteiger partial charge in [0.25, 0.3) is 6.43 Å². The molecule has 1 aromatic rings. The lowest BCUT2D eigenvalue weighted by Crippen LogP contribution is -2.33. The average molecular weight is 230 g/mol. The largest absolute Gasteiger partial charge is 0.543 e. The molecule has 1 aliphatic heterocycles. The SMILES string of the molecule is C[C@H]1C[C@@H](C(F)F)n2nc(C(=O)[O-])cc2N1.